The predicted octanol–water partition coefficient (Wildman–Crippen LogP) is 2.19. The maximum Gasteiger partial charge on any atom is 0.259 e. The number of hydrogen-bond acceptors (Lipinski definition) is 4. The van der Waals surface area contributed by atoms with Gasteiger partial charge in [0, 0.05) is 12.3 Å². The van der Waals surface area contributed by atoms with Crippen LogP contribution in [-0.4, -0.2) is 23.1 Å². The Kier molecular flexibility index (Phi) is 3.61. The Bertz CT molecular complexity index is 617. The minimum Gasteiger partial charge on any atom is -0.507 e. The number of ether oxygens (including phenoxy) is 1. The second-order valence-corrected chi connectivity index (χ2v) is 3.69. The van der Waals surface area contributed by atoms with Gasteiger partial charge in [-0.2, -0.15) is 0 Å². The number of nitrogens with zero attached hydrogens (tertiary/aromatic N) is 1. The van der Waals surface area contributed by atoms with Crippen molar-refractivity contribution < 1.29 is 19.0 Å². The first-order valence-electron chi connectivity index (χ1n) is 5.39. The molecule has 2 N–H and O–H groups in total. The van der Waals surface area contributed by atoms with E-state index >= 15 is 0 Å². The number of benzene rings is 1. The van der Waals surface area contributed by atoms with Gasteiger partial charge in [0.25, 0.3) is 5.91 Å². The van der Waals surface area contributed by atoms with Crippen molar-refractivity contribution in [1.29, 1.82) is 0 Å². The smallest absolute Gasteiger partial charge is 0.259 e. The molecule has 0 saturated heterocycles. The fourth-order valence-electron chi connectivity index (χ4n) is 1.50. The number of halogens is 1. The summed E-state index contributed by atoms with van der Waals surface area (Å²) in [7, 11) is 1.45. The van der Waals surface area contributed by atoms with E-state index in [0.29, 0.717) is 5.75 Å². The van der Waals surface area contributed by atoms with Gasteiger partial charge in [0.05, 0.1) is 24.6 Å². The number of carbonyl (C=O) groups is 1. The second-order valence-electron chi connectivity index (χ2n) is 3.69. The molecule has 1 amide bonds. The minimum absolute atomic E-state index is 0.00443. The first kappa shape index (κ1) is 12.8. The summed E-state index contributed by atoms with van der Waals surface area (Å²) < 4.78 is 18.2. The first-order chi connectivity index (χ1) is 9.11. The number of pyridine rings is 1. The number of hydrogen-bond donors (Lipinski definition) is 2. The summed E-state index contributed by atoms with van der Waals surface area (Å²) >= 11 is 0. The van der Waals surface area contributed by atoms with Crippen molar-refractivity contribution in [1.82, 2.24) is 4.98 Å². The van der Waals surface area contributed by atoms with E-state index in [1.54, 1.807) is 0 Å². The van der Waals surface area contributed by atoms with Crippen molar-refractivity contribution in [3.63, 3.8) is 0 Å². The van der Waals surface area contributed by atoms with Crippen LogP contribution in [0.1, 0.15) is 10.4 Å². The van der Waals surface area contributed by atoms with Crippen LogP contribution < -0.4 is 10.1 Å². The number of aromatic hydroxyl groups is 1. The molecule has 2 rings (SSSR count). The maximum atomic E-state index is 13.3. The molecule has 5 nitrogen and oxygen atoms in total. The number of phenols is 1. The van der Waals surface area contributed by atoms with E-state index in [2.05, 4.69) is 10.3 Å². The molecule has 0 aliphatic rings. The van der Waals surface area contributed by atoms with E-state index in [-0.39, 0.29) is 17.0 Å². The topological polar surface area (TPSA) is 71.5 Å². The Morgan fingerprint density at radius 2 is 2.21 bits per heavy atom. The molecule has 0 bridgehead atoms. The average molecular weight is 262 g/mol. The van der Waals surface area contributed by atoms with E-state index in [1.807, 2.05) is 0 Å². The summed E-state index contributed by atoms with van der Waals surface area (Å²) in [5.74, 6) is -1.09. The van der Waals surface area contributed by atoms with Crippen LogP contribution in [0.25, 0.3) is 0 Å². The van der Waals surface area contributed by atoms with E-state index in [4.69, 9.17) is 4.74 Å². The third-order valence-electron chi connectivity index (χ3n) is 2.47. The number of nitrogens with one attached hydrogen (secondary N) is 1. The van der Waals surface area contributed by atoms with E-state index in [1.165, 1.54) is 37.6 Å². The largest absolute Gasteiger partial charge is 0.507 e. The van der Waals surface area contributed by atoms with Crippen molar-refractivity contribution >= 4 is 11.6 Å². The number of carbonyl (C=O) groups excluding carboxylic acids is 1. The van der Waals surface area contributed by atoms with Crippen LogP contribution in [0.2, 0.25) is 0 Å². The van der Waals surface area contributed by atoms with Crippen LogP contribution in [0.3, 0.4) is 0 Å². The molecular formula is C13H11FN2O3. The Hall–Kier alpha value is -2.63. The lowest BCUT2D eigenvalue weighted by molar-refractivity contribution is 0.102. The number of phenolic OH excluding ortho intramolecular Hbond substituents is 1. The van der Waals surface area contributed by atoms with E-state index in [9.17, 15) is 14.3 Å². The number of anilines is 1. The highest BCUT2D eigenvalue weighted by Gasteiger charge is 2.13. The highest BCUT2D eigenvalue weighted by atomic mass is 19.1. The molecule has 2 aromatic rings. The maximum absolute atomic E-state index is 13.3. The zero-order valence-electron chi connectivity index (χ0n) is 10.1. The summed E-state index contributed by atoms with van der Waals surface area (Å²) in [6.07, 6.45) is 2.34. The van der Waals surface area contributed by atoms with Crippen molar-refractivity contribution in [2.45, 2.75) is 0 Å². The molecule has 0 aliphatic carbocycles. The van der Waals surface area contributed by atoms with E-state index < -0.39 is 11.7 Å². The van der Waals surface area contributed by atoms with Crippen LogP contribution in [-0.2, 0) is 0 Å². The van der Waals surface area contributed by atoms with Gasteiger partial charge in [-0.25, -0.2) is 4.39 Å². The summed E-state index contributed by atoms with van der Waals surface area (Å²) in [6, 6.07) is 5.55. The molecule has 0 fully saturated rings. The van der Waals surface area contributed by atoms with Crippen molar-refractivity contribution in [3.05, 3.63) is 48.0 Å². The zero-order valence-corrected chi connectivity index (χ0v) is 10.1. The van der Waals surface area contributed by atoms with Crippen molar-refractivity contribution in [2.24, 2.45) is 0 Å². The van der Waals surface area contributed by atoms with Gasteiger partial charge in [-0.3, -0.25) is 9.78 Å². The van der Waals surface area contributed by atoms with Crippen LogP contribution in [0.15, 0.2) is 36.7 Å². The van der Waals surface area contributed by atoms with Crippen LogP contribution in [0.4, 0.5) is 10.1 Å². The zero-order chi connectivity index (χ0) is 13.8. The predicted molar refractivity (Wildman–Crippen MR) is 66.8 cm³/mol. The fraction of sp³-hybridized carbons (Fsp3) is 0.0769. The molecule has 0 radical (unpaired) electrons. The summed E-state index contributed by atoms with van der Waals surface area (Å²) in [4.78, 5) is 15.5. The molecule has 1 heterocycles. The van der Waals surface area contributed by atoms with Gasteiger partial charge in [0.15, 0.2) is 5.82 Å². The van der Waals surface area contributed by atoms with Crippen LogP contribution in [0, 0.1) is 5.82 Å². The first-order valence-corrected chi connectivity index (χ1v) is 5.39. The summed E-state index contributed by atoms with van der Waals surface area (Å²) in [5, 5.41) is 12.0. The number of amides is 1. The van der Waals surface area contributed by atoms with Gasteiger partial charge in [-0.15, -0.1) is 0 Å². The van der Waals surface area contributed by atoms with Gasteiger partial charge in [-0.05, 0) is 18.2 Å². The minimum atomic E-state index is -0.649. The van der Waals surface area contributed by atoms with Crippen LogP contribution in [0.5, 0.6) is 11.5 Å². The van der Waals surface area contributed by atoms with Crippen molar-refractivity contribution in [3.8, 4) is 11.5 Å². The monoisotopic (exact) mass is 262 g/mol. The molecule has 1 aromatic carbocycles. The molecule has 6 heteroatoms. The molecule has 0 unspecified atom stereocenters. The van der Waals surface area contributed by atoms with Gasteiger partial charge in [0.1, 0.15) is 11.5 Å². The standard InChI is InChI=1S/C13H11FN2O3/c1-19-8-2-3-9(12(17)6-8)13(18)16-11-4-5-15-7-10(11)14/h2-7,17H,1H3,(H,15,16,18). The fourth-order valence-corrected chi connectivity index (χ4v) is 1.50. The highest BCUT2D eigenvalue weighted by molar-refractivity contribution is 6.06. The van der Waals surface area contributed by atoms with Crippen molar-refractivity contribution in [2.75, 3.05) is 12.4 Å². The molecule has 0 spiro atoms. The number of methoxy groups -OCH3 is 1. The average Bonchev–Trinajstić information content (AvgIpc) is 2.41. The summed E-state index contributed by atoms with van der Waals surface area (Å²) in [6.45, 7) is 0. The molecule has 0 saturated carbocycles. The summed E-state index contributed by atoms with van der Waals surface area (Å²) in [5.41, 5.74) is 0.0206. The Morgan fingerprint density at radius 1 is 1.42 bits per heavy atom. The van der Waals surface area contributed by atoms with Gasteiger partial charge in [0.2, 0.25) is 0 Å². The lowest BCUT2D eigenvalue weighted by Crippen LogP contribution is -2.13. The highest BCUT2D eigenvalue weighted by Crippen LogP contribution is 2.24. The lowest BCUT2D eigenvalue weighted by Gasteiger charge is -2.08. The van der Waals surface area contributed by atoms with E-state index in [0.717, 1.165) is 6.20 Å². The molecule has 19 heavy (non-hydrogen) atoms. The Labute approximate surface area is 108 Å². The normalized spacial score (nSPS) is 10.0. The molecule has 98 valence electrons. The second kappa shape index (κ2) is 5.34. The SMILES string of the molecule is COc1ccc(C(=O)Nc2ccncc2F)c(O)c1. The quantitative estimate of drug-likeness (QED) is 0.889. The molecule has 0 atom stereocenters. The number of rotatable bonds is 3. The number of aromatic nitrogens is 1. The lowest BCUT2D eigenvalue weighted by atomic mass is 10.1. The molecule has 1 aromatic heterocycles. The third kappa shape index (κ3) is 2.79. The van der Waals surface area contributed by atoms with Crippen LogP contribution >= 0.6 is 0 Å². The van der Waals surface area contributed by atoms with Gasteiger partial charge >= 0.3 is 0 Å². The van der Waals surface area contributed by atoms with Gasteiger partial charge < -0.3 is 15.2 Å². The van der Waals surface area contributed by atoms with Gasteiger partial charge in [-0.1, -0.05) is 0 Å². The molecular weight excluding hydrogens is 251 g/mol. The molecule has 0 aliphatic heterocycles. The third-order valence-corrected chi connectivity index (χ3v) is 2.47. The Balaban J connectivity index is 2.23. The Morgan fingerprint density at radius 3 is 2.84 bits per heavy atom.